The highest BCUT2D eigenvalue weighted by Crippen LogP contribution is 2.36. The van der Waals surface area contributed by atoms with Gasteiger partial charge in [-0.05, 0) is 38.0 Å². The number of hydrogen-bond acceptors (Lipinski definition) is 4. The Hall–Kier alpha value is -0.260. The highest BCUT2D eigenvalue weighted by Gasteiger charge is 2.06. The van der Waals surface area contributed by atoms with E-state index in [0.29, 0.717) is 25.0 Å². The van der Waals surface area contributed by atoms with Gasteiger partial charge in [-0.3, -0.25) is 0 Å². The van der Waals surface area contributed by atoms with Crippen LogP contribution in [0.4, 0.5) is 0 Å². The van der Waals surface area contributed by atoms with Gasteiger partial charge in [0, 0.05) is 5.57 Å². The van der Waals surface area contributed by atoms with E-state index in [1.165, 1.54) is 0 Å². The summed E-state index contributed by atoms with van der Waals surface area (Å²) in [5.41, 5.74) is 0.379. The average molecular weight is 268 g/mol. The van der Waals surface area contributed by atoms with Crippen molar-refractivity contribution in [3.63, 3.8) is 0 Å². The lowest BCUT2D eigenvalue weighted by Gasteiger charge is -2.08. The topological polar surface area (TPSA) is 76.0 Å². The Morgan fingerprint density at radius 1 is 1.31 bits per heavy atom. The standard InChI is InChI=1S/C9H17O5PS/c1-8(2)9(10)13-6-4-3-5-7-14-15(11,12)16/h1,3-7H2,2H3,(H2,11,12,16). The van der Waals surface area contributed by atoms with Crippen LogP contribution in [0, 0.1) is 0 Å². The van der Waals surface area contributed by atoms with Gasteiger partial charge in [0.2, 0.25) is 0 Å². The maximum atomic E-state index is 10.9. The van der Waals surface area contributed by atoms with Gasteiger partial charge in [-0.15, -0.1) is 0 Å². The largest absolute Gasteiger partial charge is 0.462 e. The number of rotatable bonds is 8. The molecule has 0 aromatic carbocycles. The van der Waals surface area contributed by atoms with Crippen molar-refractivity contribution in [1.29, 1.82) is 0 Å². The molecule has 5 nitrogen and oxygen atoms in total. The molecule has 0 aliphatic rings. The molecule has 0 spiro atoms. The third kappa shape index (κ3) is 10.3. The summed E-state index contributed by atoms with van der Waals surface area (Å²) < 4.78 is 9.47. The van der Waals surface area contributed by atoms with E-state index in [0.717, 1.165) is 6.42 Å². The van der Waals surface area contributed by atoms with Crippen LogP contribution in [0.2, 0.25) is 0 Å². The molecular formula is C9H17O5PS. The van der Waals surface area contributed by atoms with Crippen molar-refractivity contribution in [3.8, 4) is 0 Å². The number of carbonyl (C=O) groups is 1. The van der Waals surface area contributed by atoms with Crippen LogP contribution in [-0.2, 0) is 25.9 Å². The lowest BCUT2D eigenvalue weighted by Crippen LogP contribution is -2.06. The zero-order chi connectivity index (χ0) is 12.6. The molecule has 0 fully saturated rings. The molecule has 0 bridgehead atoms. The molecule has 0 heterocycles. The first-order chi connectivity index (χ1) is 7.33. The second-order valence-electron chi connectivity index (χ2n) is 3.30. The third-order valence-electron chi connectivity index (χ3n) is 1.63. The molecule has 0 aliphatic heterocycles. The van der Waals surface area contributed by atoms with Crippen molar-refractivity contribution in [3.05, 3.63) is 12.2 Å². The monoisotopic (exact) mass is 268 g/mol. The Balaban J connectivity index is 3.32. The molecule has 0 saturated heterocycles. The molecule has 94 valence electrons. The van der Waals surface area contributed by atoms with E-state index in [9.17, 15) is 4.79 Å². The predicted molar refractivity (Wildman–Crippen MR) is 64.3 cm³/mol. The second kappa shape index (κ2) is 7.92. The van der Waals surface area contributed by atoms with Crippen molar-refractivity contribution >= 4 is 24.5 Å². The molecule has 2 N–H and O–H groups in total. The molecule has 0 aromatic rings. The van der Waals surface area contributed by atoms with E-state index in [1.807, 2.05) is 0 Å². The summed E-state index contributed by atoms with van der Waals surface area (Å²) in [4.78, 5) is 28.4. The average Bonchev–Trinajstić information content (AvgIpc) is 2.14. The van der Waals surface area contributed by atoms with Crippen LogP contribution in [-0.4, -0.2) is 29.0 Å². The van der Waals surface area contributed by atoms with E-state index in [-0.39, 0.29) is 6.61 Å². The first-order valence-electron chi connectivity index (χ1n) is 4.85. The number of hydrogen-bond donors (Lipinski definition) is 2. The number of unbranched alkanes of at least 4 members (excludes halogenated alkanes) is 2. The van der Waals surface area contributed by atoms with Gasteiger partial charge in [-0.2, -0.15) is 0 Å². The van der Waals surface area contributed by atoms with Gasteiger partial charge in [-0.25, -0.2) is 4.79 Å². The summed E-state index contributed by atoms with van der Waals surface area (Å²) in [5, 5.41) is 0. The number of carbonyl (C=O) groups excluding carboxylic acids is 1. The lowest BCUT2D eigenvalue weighted by atomic mass is 10.2. The van der Waals surface area contributed by atoms with Crippen molar-refractivity contribution in [2.24, 2.45) is 0 Å². The van der Waals surface area contributed by atoms with Crippen molar-refractivity contribution in [2.45, 2.75) is 26.2 Å². The minimum Gasteiger partial charge on any atom is -0.462 e. The number of esters is 1. The second-order valence-corrected chi connectivity index (χ2v) is 5.97. The SMILES string of the molecule is C=C(C)C(=O)OCCCCCOP(O)(O)=S. The Morgan fingerprint density at radius 2 is 1.88 bits per heavy atom. The van der Waals surface area contributed by atoms with E-state index >= 15 is 0 Å². The molecular weight excluding hydrogens is 251 g/mol. The Morgan fingerprint density at radius 3 is 2.38 bits per heavy atom. The summed E-state index contributed by atoms with van der Waals surface area (Å²) in [6, 6.07) is 0. The zero-order valence-corrected chi connectivity index (χ0v) is 10.9. The Labute approximate surface area is 100 Å². The summed E-state index contributed by atoms with van der Waals surface area (Å²) in [5.74, 6) is -0.391. The van der Waals surface area contributed by atoms with Crippen LogP contribution >= 0.6 is 6.72 Å². The maximum absolute atomic E-state index is 10.9. The van der Waals surface area contributed by atoms with Crippen LogP contribution in [0.1, 0.15) is 26.2 Å². The molecule has 0 saturated carbocycles. The third-order valence-corrected chi connectivity index (χ3v) is 2.46. The van der Waals surface area contributed by atoms with Gasteiger partial charge >= 0.3 is 12.7 Å². The van der Waals surface area contributed by atoms with E-state index in [1.54, 1.807) is 6.92 Å². The van der Waals surface area contributed by atoms with Crippen LogP contribution in [0.5, 0.6) is 0 Å². The quantitative estimate of drug-likeness (QED) is 0.301. The van der Waals surface area contributed by atoms with E-state index in [4.69, 9.17) is 14.5 Å². The molecule has 7 heteroatoms. The Bertz CT molecular complexity index is 286. The van der Waals surface area contributed by atoms with Crippen molar-refractivity contribution in [2.75, 3.05) is 13.2 Å². The van der Waals surface area contributed by atoms with Crippen molar-refractivity contribution in [1.82, 2.24) is 0 Å². The number of ether oxygens (including phenoxy) is 1. The molecule has 16 heavy (non-hydrogen) atoms. The molecule has 0 aliphatic carbocycles. The van der Waals surface area contributed by atoms with Gasteiger partial charge in [0.1, 0.15) is 0 Å². The highest BCUT2D eigenvalue weighted by atomic mass is 32.5. The van der Waals surface area contributed by atoms with E-state index in [2.05, 4.69) is 22.9 Å². The maximum Gasteiger partial charge on any atom is 0.333 e. The molecule has 0 rings (SSSR count). The van der Waals surface area contributed by atoms with E-state index < -0.39 is 12.7 Å². The molecule has 0 unspecified atom stereocenters. The van der Waals surface area contributed by atoms with Gasteiger partial charge < -0.3 is 19.0 Å². The van der Waals surface area contributed by atoms with Crippen LogP contribution in [0.25, 0.3) is 0 Å². The van der Waals surface area contributed by atoms with Gasteiger partial charge in [0.15, 0.2) is 0 Å². The fourth-order valence-electron chi connectivity index (χ4n) is 0.852. The van der Waals surface area contributed by atoms with Gasteiger partial charge in [0.25, 0.3) is 0 Å². The van der Waals surface area contributed by atoms with Crippen LogP contribution in [0.3, 0.4) is 0 Å². The lowest BCUT2D eigenvalue weighted by molar-refractivity contribution is -0.139. The summed E-state index contributed by atoms with van der Waals surface area (Å²) >= 11 is 4.27. The first-order valence-corrected chi connectivity index (χ1v) is 7.48. The Kier molecular flexibility index (Phi) is 7.80. The minimum absolute atomic E-state index is 0.207. The summed E-state index contributed by atoms with van der Waals surface area (Å²) in [6.07, 6.45) is 2.10. The normalized spacial score (nSPS) is 11.2. The minimum atomic E-state index is -3.51. The van der Waals surface area contributed by atoms with Crippen molar-refractivity contribution < 1.29 is 23.8 Å². The first kappa shape index (κ1) is 15.7. The van der Waals surface area contributed by atoms with Gasteiger partial charge in [0.05, 0.1) is 13.2 Å². The molecule has 0 amide bonds. The predicted octanol–water partition coefficient (Wildman–Crippen LogP) is 1.50. The molecule has 0 aromatic heterocycles. The fraction of sp³-hybridized carbons (Fsp3) is 0.667. The van der Waals surface area contributed by atoms with Gasteiger partial charge in [-0.1, -0.05) is 6.58 Å². The molecule has 0 atom stereocenters. The summed E-state index contributed by atoms with van der Waals surface area (Å²) in [7, 11) is 0. The summed E-state index contributed by atoms with van der Waals surface area (Å²) in [6.45, 7) is 2.07. The smallest absolute Gasteiger partial charge is 0.333 e. The zero-order valence-electron chi connectivity index (χ0n) is 9.22. The molecule has 0 radical (unpaired) electrons. The fourth-order valence-corrected chi connectivity index (χ4v) is 1.44. The van der Waals surface area contributed by atoms with Crippen LogP contribution < -0.4 is 0 Å². The highest BCUT2D eigenvalue weighted by molar-refractivity contribution is 8.06. The van der Waals surface area contributed by atoms with Crippen LogP contribution in [0.15, 0.2) is 12.2 Å².